The van der Waals surface area contributed by atoms with E-state index in [0.29, 0.717) is 6.54 Å². The highest BCUT2D eigenvalue weighted by Gasteiger charge is 2.60. The van der Waals surface area contributed by atoms with Crippen LogP contribution in [0.3, 0.4) is 0 Å². The Labute approximate surface area is 192 Å². The number of hydrogen-bond donors (Lipinski definition) is 1. The van der Waals surface area contributed by atoms with Gasteiger partial charge in [0.1, 0.15) is 12.1 Å². The van der Waals surface area contributed by atoms with E-state index in [0.717, 1.165) is 66.1 Å². The normalized spacial score (nSPS) is 25.2. The van der Waals surface area contributed by atoms with Gasteiger partial charge in [-0.25, -0.2) is 0 Å². The van der Waals surface area contributed by atoms with Gasteiger partial charge in [-0.15, -0.1) is 0 Å². The van der Waals surface area contributed by atoms with Crippen molar-refractivity contribution in [3.8, 4) is 0 Å². The maximum absolute atomic E-state index is 13.2. The van der Waals surface area contributed by atoms with Gasteiger partial charge in [-0.05, 0) is 23.3 Å². The van der Waals surface area contributed by atoms with E-state index >= 15 is 0 Å². The number of quaternary nitrogens is 1. The first-order chi connectivity index (χ1) is 15.8. The highest BCUT2D eigenvalue weighted by molar-refractivity contribution is 5.39. The zero-order valence-corrected chi connectivity index (χ0v) is 18.6. The molecule has 3 saturated heterocycles. The number of alkyl halides is 3. The number of fused-ring (bicyclic) bond motifs is 3. The molecule has 1 N–H and O–H groups in total. The molecule has 0 amide bonds. The first kappa shape index (κ1) is 22.2. The van der Waals surface area contributed by atoms with Crippen molar-refractivity contribution in [2.24, 2.45) is 5.41 Å². The third kappa shape index (κ3) is 3.77. The quantitative estimate of drug-likeness (QED) is 0.461. The summed E-state index contributed by atoms with van der Waals surface area (Å²) in [7, 11) is 0. The van der Waals surface area contributed by atoms with E-state index in [1.165, 1.54) is 12.1 Å². The fraction of sp³-hybridized carbons (Fsp3) is 0.357. The van der Waals surface area contributed by atoms with E-state index in [2.05, 4.69) is 0 Å². The Morgan fingerprint density at radius 1 is 0.697 bits per heavy atom. The molecule has 0 atom stereocenters. The van der Waals surface area contributed by atoms with Crippen molar-refractivity contribution in [2.45, 2.75) is 37.6 Å². The average molecular weight is 453 g/mol. The number of nitrogens with zero attached hydrogens (tertiary/aromatic N) is 1. The van der Waals surface area contributed by atoms with E-state index in [1.54, 1.807) is 0 Å². The van der Waals surface area contributed by atoms with Gasteiger partial charge in [0.25, 0.3) is 0 Å². The molecule has 3 heterocycles. The molecule has 0 aromatic heterocycles. The maximum Gasteiger partial charge on any atom is 0.416 e. The fourth-order valence-electron chi connectivity index (χ4n) is 6.21. The highest BCUT2D eigenvalue weighted by atomic mass is 19.4. The average Bonchev–Trinajstić information content (AvgIpc) is 2.85. The van der Waals surface area contributed by atoms with E-state index in [-0.39, 0.29) is 5.41 Å². The molecule has 3 aromatic rings. The minimum Gasteiger partial charge on any atom is -0.380 e. The number of aliphatic hydroxyl groups is 1. The minimum atomic E-state index is -4.32. The van der Waals surface area contributed by atoms with Gasteiger partial charge in [-0.3, -0.25) is 0 Å². The zero-order valence-electron chi connectivity index (χ0n) is 18.6. The van der Waals surface area contributed by atoms with Crippen molar-refractivity contribution in [2.75, 3.05) is 19.6 Å². The van der Waals surface area contributed by atoms with Gasteiger partial charge in [-0.2, -0.15) is 13.2 Å². The molecular weight excluding hydrogens is 423 g/mol. The monoisotopic (exact) mass is 452 g/mol. The molecule has 33 heavy (non-hydrogen) atoms. The van der Waals surface area contributed by atoms with Gasteiger partial charge < -0.3 is 9.59 Å². The third-order valence-electron chi connectivity index (χ3n) is 8.12. The van der Waals surface area contributed by atoms with Crippen LogP contribution in [-0.4, -0.2) is 29.2 Å². The lowest BCUT2D eigenvalue weighted by Gasteiger charge is -2.60. The summed E-state index contributed by atoms with van der Waals surface area (Å²) in [5, 5.41) is 12.4. The molecule has 0 radical (unpaired) electrons. The topological polar surface area (TPSA) is 20.2 Å². The molecule has 3 fully saturated rings. The van der Waals surface area contributed by atoms with Crippen LogP contribution in [0.15, 0.2) is 84.9 Å². The molecule has 0 spiro atoms. The van der Waals surface area contributed by atoms with E-state index in [1.807, 2.05) is 66.7 Å². The first-order valence-corrected chi connectivity index (χ1v) is 11.6. The van der Waals surface area contributed by atoms with Crippen LogP contribution < -0.4 is 0 Å². The van der Waals surface area contributed by atoms with Crippen LogP contribution in [0.5, 0.6) is 0 Å². The molecule has 0 unspecified atom stereocenters. The van der Waals surface area contributed by atoms with Crippen molar-refractivity contribution in [3.63, 3.8) is 0 Å². The summed E-state index contributed by atoms with van der Waals surface area (Å²) in [4.78, 5) is 0. The van der Waals surface area contributed by atoms with Crippen LogP contribution in [0.1, 0.15) is 41.5 Å². The Kier molecular flexibility index (Phi) is 5.37. The first-order valence-electron chi connectivity index (χ1n) is 11.6. The molecule has 0 aliphatic carbocycles. The van der Waals surface area contributed by atoms with E-state index < -0.39 is 17.3 Å². The van der Waals surface area contributed by atoms with Crippen LogP contribution in [0.25, 0.3) is 0 Å². The number of benzene rings is 3. The maximum atomic E-state index is 13.2. The SMILES string of the molecule is OC(c1ccccc1)(c1ccccc1)C12CC[N+](Cc3cccc(C(F)(F)F)c3)(CC1)CC2. The lowest BCUT2D eigenvalue weighted by molar-refractivity contribution is -0.958. The summed E-state index contributed by atoms with van der Waals surface area (Å²) >= 11 is 0. The summed E-state index contributed by atoms with van der Waals surface area (Å²) < 4.78 is 40.4. The van der Waals surface area contributed by atoms with Gasteiger partial charge in [-0.1, -0.05) is 72.8 Å². The molecule has 3 aliphatic heterocycles. The molecule has 3 aliphatic rings. The van der Waals surface area contributed by atoms with Gasteiger partial charge >= 0.3 is 6.18 Å². The molecular formula is C28H29F3NO+. The van der Waals surface area contributed by atoms with E-state index in [9.17, 15) is 18.3 Å². The van der Waals surface area contributed by atoms with Gasteiger partial charge in [0.15, 0.2) is 0 Å². The van der Waals surface area contributed by atoms with E-state index in [4.69, 9.17) is 0 Å². The number of rotatable bonds is 5. The lowest BCUT2D eigenvalue weighted by atomic mass is 9.56. The number of halogens is 3. The molecule has 0 saturated carbocycles. The molecule has 172 valence electrons. The summed E-state index contributed by atoms with van der Waals surface area (Å²) in [6.45, 7) is 3.18. The second kappa shape index (κ2) is 8.00. The highest BCUT2D eigenvalue weighted by Crippen LogP contribution is 2.57. The van der Waals surface area contributed by atoms with Gasteiger partial charge in [0, 0.05) is 30.2 Å². The standard InChI is InChI=1S/C28H29F3NO/c29-28(30,31)25-13-7-8-22(20-25)21-32-17-14-26(15-18-32,16-19-32)27(33,23-9-3-1-4-10-23)24-11-5-2-6-12-24/h1-13,20,33H,14-19,21H2/q+1. The summed E-state index contributed by atoms with van der Waals surface area (Å²) in [6, 6.07) is 25.6. The molecule has 6 rings (SSSR count). The van der Waals surface area contributed by atoms with Gasteiger partial charge in [0.05, 0.1) is 25.2 Å². The van der Waals surface area contributed by atoms with Gasteiger partial charge in [0.2, 0.25) is 0 Å². The molecule has 5 heteroatoms. The summed E-state index contributed by atoms with van der Waals surface area (Å²) in [5.41, 5.74) is 0.600. The second-order valence-electron chi connectivity index (χ2n) is 9.84. The smallest absolute Gasteiger partial charge is 0.380 e. The van der Waals surface area contributed by atoms with Crippen LogP contribution in [0.2, 0.25) is 0 Å². The van der Waals surface area contributed by atoms with Crippen molar-refractivity contribution in [1.29, 1.82) is 0 Å². The molecule has 2 nitrogen and oxygen atoms in total. The largest absolute Gasteiger partial charge is 0.416 e. The van der Waals surface area contributed by atoms with Crippen LogP contribution in [0, 0.1) is 5.41 Å². The Morgan fingerprint density at radius 2 is 1.18 bits per heavy atom. The second-order valence-corrected chi connectivity index (χ2v) is 9.84. The summed E-state index contributed by atoms with van der Waals surface area (Å²) in [5.74, 6) is 0. The zero-order chi connectivity index (χ0) is 23.2. The molecule has 3 aromatic carbocycles. The van der Waals surface area contributed by atoms with Crippen molar-refractivity contribution in [1.82, 2.24) is 0 Å². The number of piperidine rings is 3. The Morgan fingerprint density at radius 3 is 1.67 bits per heavy atom. The Hall–Kier alpha value is -2.63. The van der Waals surface area contributed by atoms with Crippen LogP contribution in [-0.2, 0) is 18.3 Å². The number of hydrogen-bond acceptors (Lipinski definition) is 1. The molecule has 2 bridgehead atoms. The predicted octanol–water partition coefficient (Wildman–Crippen LogP) is 6.14. The predicted molar refractivity (Wildman–Crippen MR) is 122 cm³/mol. The third-order valence-corrected chi connectivity index (χ3v) is 8.12. The summed E-state index contributed by atoms with van der Waals surface area (Å²) in [6.07, 6.45) is -1.80. The van der Waals surface area contributed by atoms with Crippen molar-refractivity contribution in [3.05, 3.63) is 107 Å². The fourth-order valence-corrected chi connectivity index (χ4v) is 6.21. The van der Waals surface area contributed by atoms with Crippen molar-refractivity contribution < 1.29 is 22.8 Å². The minimum absolute atomic E-state index is 0.288. The Bertz CT molecular complexity index is 1050. The van der Waals surface area contributed by atoms with Crippen molar-refractivity contribution >= 4 is 0 Å². The lowest BCUT2D eigenvalue weighted by Crippen LogP contribution is -2.66. The van der Waals surface area contributed by atoms with Crippen LogP contribution in [0.4, 0.5) is 13.2 Å². The van der Waals surface area contributed by atoms with Crippen LogP contribution >= 0.6 is 0 Å². The Balaban J connectivity index is 1.44.